The summed E-state index contributed by atoms with van der Waals surface area (Å²) in [6.45, 7) is 5.77. The van der Waals surface area contributed by atoms with E-state index >= 15 is 0 Å². The lowest BCUT2D eigenvalue weighted by atomic mass is 9.99. The second-order valence-electron chi connectivity index (χ2n) is 13.7. The highest BCUT2D eigenvalue weighted by atomic mass is 79.9. The number of sulfonamides is 2. The molecule has 0 radical (unpaired) electrons. The molecule has 14 nitrogen and oxygen atoms in total. The summed E-state index contributed by atoms with van der Waals surface area (Å²) in [5.74, 6) is -0.510. The Morgan fingerprint density at radius 2 is 1.41 bits per heavy atom. The standard InChI is InChI=1S/C22H18Cl2N4O4S.C16H17BrCl2N2O4S/c1-22(2,30)16-10-13(3-4-17(16)24)33(31,32)28-18-9-12(23)11-27-19(18)20(29)14-5-7-25-21-15(14)6-8-26-21;1-16(2,22)12-7-11(4-5-13(12)19)26(23,24)21(9-25-3)14-6-10(18)8-20-15(14)17/h3-11,28,30H,1-2H3,(H,25,26);4-8,22H,9H2,1-3H3. The predicted molar refractivity (Wildman–Crippen MR) is 231 cm³/mol. The minimum atomic E-state index is -4.19. The first-order valence-corrected chi connectivity index (χ1v) is 22.2. The van der Waals surface area contributed by atoms with E-state index in [9.17, 15) is 31.8 Å². The van der Waals surface area contributed by atoms with E-state index < -0.39 is 37.0 Å². The maximum Gasteiger partial charge on any atom is 0.266 e. The van der Waals surface area contributed by atoms with Crippen LogP contribution in [0.1, 0.15) is 54.9 Å². The van der Waals surface area contributed by atoms with Gasteiger partial charge in [-0.2, -0.15) is 0 Å². The molecule has 4 aromatic heterocycles. The van der Waals surface area contributed by atoms with E-state index in [1.165, 1.54) is 108 Å². The number of anilines is 2. The van der Waals surface area contributed by atoms with Crippen LogP contribution in [0.4, 0.5) is 11.4 Å². The molecule has 312 valence electrons. The largest absolute Gasteiger partial charge is 0.386 e. The van der Waals surface area contributed by atoms with Crippen LogP contribution < -0.4 is 9.03 Å². The van der Waals surface area contributed by atoms with Crippen molar-refractivity contribution in [1.82, 2.24) is 19.9 Å². The maximum absolute atomic E-state index is 13.3. The number of rotatable bonds is 12. The van der Waals surface area contributed by atoms with Crippen molar-refractivity contribution < 1.29 is 36.6 Å². The highest BCUT2D eigenvalue weighted by Crippen LogP contribution is 2.36. The number of benzene rings is 2. The van der Waals surface area contributed by atoms with Crippen LogP contribution in [0.2, 0.25) is 20.1 Å². The van der Waals surface area contributed by atoms with Crippen molar-refractivity contribution in [2.45, 2.75) is 48.7 Å². The van der Waals surface area contributed by atoms with E-state index in [1.54, 1.807) is 12.3 Å². The molecule has 0 aliphatic carbocycles. The fourth-order valence-corrected chi connectivity index (χ4v) is 9.60. The molecule has 6 aromatic rings. The summed E-state index contributed by atoms with van der Waals surface area (Å²) in [7, 11) is -6.86. The summed E-state index contributed by atoms with van der Waals surface area (Å²) in [6, 6.07) is 14.1. The molecule has 0 fully saturated rings. The number of nitrogens with zero attached hydrogens (tertiary/aromatic N) is 4. The number of carbonyl (C=O) groups excluding carboxylic acids is 1. The summed E-state index contributed by atoms with van der Waals surface area (Å²) >= 11 is 27.5. The number of pyridine rings is 3. The van der Waals surface area contributed by atoms with Crippen LogP contribution in [-0.4, -0.2) is 66.6 Å². The van der Waals surface area contributed by atoms with Crippen LogP contribution in [0.3, 0.4) is 0 Å². The number of aliphatic hydroxyl groups is 2. The van der Waals surface area contributed by atoms with E-state index in [2.05, 4.69) is 40.6 Å². The van der Waals surface area contributed by atoms with E-state index in [-0.39, 0.29) is 59.2 Å². The van der Waals surface area contributed by atoms with Crippen molar-refractivity contribution in [2.75, 3.05) is 22.9 Å². The predicted octanol–water partition coefficient (Wildman–Crippen LogP) is 8.70. The average Bonchev–Trinajstić information content (AvgIpc) is 3.63. The van der Waals surface area contributed by atoms with Crippen LogP contribution in [0, 0.1) is 0 Å². The second kappa shape index (κ2) is 18.0. The number of methoxy groups -OCH3 is 1. The van der Waals surface area contributed by atoms with Crippen molar-refractivity contribution in [3.63, 3.8) is 0 Å². The normalized spacial score (nSPS) is 12.2. The van der Waals surface area contributed by atoms with Gasteiger partial charge in [-0.25, -0.2) is 36.1 Å². The van der Waals surface area contributed by atoms with Gasteiger partial charge in [0.25, 0.3) is 20.0 Å². The number of hydrogen-bond donors (Lipinski definition) is 4. The minimum Gasteiger partial charge on any atom is -0.386 e. The Kier molecular flexibility index (Phi) is 14.1. The fourth-order valence-electron chi connectivity index (χ4n) is 5.56. The quantitative estimate of drug-likeness (QED) is 0.0519. The molecular formula is C38H35BrCl4N6O8S2. The molecule has 2 aromatic carbocycles. The number of ether oxygens (including phenoxy) is 1. The average molecular weight is 990 g/mol. The van der Waals surface area contributed by atoms with Crippen molar-refractivity contribution in [3.8, 4) is 0 Å². The van der Waals surface area contributed by atoms with Gasteiger partial charge in [-0.15, -0.1) is 0 Å². The second-order valence-corrected chi connectivity index (χ2v) is 19.7. The molecule has 0 unspecified atom stereocenters. The third-order valence-corrected chi connectivity index (χ3v) is 13.2. The van der Waals surface area contributed by atoms with Gasteiger partial charge >= 0.3 is 0 Å². The summed E-state index contributed by atoms with van der Waals surface area (Å²) in [6.07, 6.45) is 5.77. The van der Waals surface area contributed by atoms with Crippen molar-refractivity contribution >= 4 is 111 Å². The third-order valence-electron chi connectivity index (χ3n) is 8.41. The van der Waals surface area contributed by atoms with E-state index in [0.29, 0.717) is 26.8 Å². The van der Waals surface area contributed by atoms with Gasteiger partial charge in [0, 0.05) is 64.0 Å². The van der Waals surface area contributed by atoms with Gasteiger partial charge in [-0.1, -0.05) is 46.4 Å². The number of ketones is 1. The molecule has 6 rings (SSSR count). The molecule has 0 atom stereocenters. The van der Waals surface area contributed by atoms with E-state index in [1.807, 2.05) is 0 Å². The van der Waals surface area contributed by atoms with Gasteiger partial charge in [0.15, 0.2) is 0 Å². The molecule has 0 spiro atoms. The van der Waals surface area contributed by atoms with Crippen LogP contribution >= 0.6 is 62.3 Å². The first kappa shape index (κ1) is 46.2. The van der Waals surface area contributed by atoms with Gasteiger partial charge in [-0.3, -0.25) is 9.52 Å². The number of nitrogens with one attached hydrogen (secondary N) is 2. The van der Waals surface area contributed by atoms with Gasteiger partial charge in [0.2, 0.25) is 5.78 Å². The molecule has 0 aliphatic heterocycles. The van der Waals surface area contributed by atoms with Crippen LogP contribution in [-0.2, 0) is 36.0 Å². The molecule has 59 heavy (non-hydrogen) atoms. The molecule has 0 saturated heterocycles. The van der Waals surface area contributed by atoms with Crippen LogP contribution in [0.5, 0.6) is 0 Å². The van der Waals surface area contributed by atoms with Gasteiger partial charge in [0.1, 0.15) is 22.7 Å². The Balaban J connectivity index is 0.000000231. The van der Waals surface area contributed by atoms with Gasteiger partial charge in [0.05, 0.1) is 42.4 Å². The zero-order valence-electron chi connectivity index (χ0n) is 31.6. The first-order chi connectivity index (χ1) is 27.4. The van der Waals surface area contributed by atoms with Crippen molar-refractivity contribution in [1.29, 1.82) is 0 Å². The Labute approximate surface area is 368 Å². The van der Waals surface area contributed by atoms with Crippen molar-refractivity contribution in [3.05, 3.63) is 133 Å². The summed E-state index contributed by atoms with van der Waals surface area (Å²) in [4.78, 5) is 28.3. The van der Waals surface area contributed by atoms with Gasteiger partial charge in [-0.05, 0) is 104 Å². The first-order valence-electron chi connectivity index (χ1n) is 17.0. The Morgan fingerprint density at radius 1 is 0.831 bits per heavy atom. The zero-order valence-corrected chi connectivity index (χ0v) is 37.9. The minimum absolute atomic E-state index is 0.0528. The topological polar surface area (TPSA) is 205 Å². The highest BCUT2D eigenvalue weighted by molar-refractivity contribution is 9.10. The summed E-state index contributed by atoms with van der Waals surface area (Å²) < 4.78 is 61.5. The number of hydrogen-bond acceptors (Lipinski definition) is 11. The Hall–Kier alpha value is -3.88. The van der Waals surface area contributed by atoms with E-state index in [4.69, 9.17) is 51.1 Å². The molecule has 0 aliphatic rings. The van der Waals surface area contributed by atoms with Crippen LogP contribution in [0.25, 0.3) is 11.0 Å². The number of halogens is 5. The Bertz CT molecular complexity index is 2780. The lowest BCUT2D eigenvalue weighted by Crippen LogP contribution is -2.33. The summed E-state index contributed by atoms with van der Waals surface area (Å²) in [5, 5.41) is 22.0. The Morgan fingerprint density at radius 3 is 2.02 bits per heavy atom. The smallest absolute Gasteiger partial charge is 0.266 e. The highest BCUT2D eigenvalue weighted by Gasteiger charge is 2.31. The maximum atomic E-state index is 13.3. The lowest BCUT2D eigenvalue weighted by molar-refractivity contribution is 0.0779. The number of carbonyl (C=O) groups is 1. The van der Waals surface area contributed by atoms with Crippen LogP contribution in [0.15, 0.2) is 99.8 Å². The molecule has 0 amide bonds. The zero-order chi connectivity index (χ0) is 43.7. The van der Waals surface area contributed by atoms with Crippen molar-refractivity contribution in [2.24, 2.45) is 0 Å². The number of aromatic amines is 1. The summed E-state index contributed by atoms with van der Waals surface area (Å²) in [5.41, 5.74) is -1.35. The molecule has 21 heteroatoms. The molecule has 4 heterocycles. The molecular weight excluding hydrogens is 954 g/mol. The number of aromatic nitrogens is 4. The fraction of sp³-hybridized carbons (Fsp3) is 0.211. The van der Waals surface area contributed by atoms with E-state index in [0.717, 1.165) is 4.31 Å². The molecule has 0 bridgehead atoms. The number of fused-ring (bicyclic) bond motifs is 1. The third kappa shape index (κ3) is 10.5. The van der Waals surface area contributed by atoms with Gasteiger partial charge < -0.3 is 19.9 Å². The monoisotopic (exact) mass is 986 g/mol. The lowest BCUT2D eigenvalue weighted by Gasteiger charge is -2.26. The number of H-pyrrole nitrogens is 1. The molecule has 4 N–H and O–H groups in total. The SMILES string of the molecule is CC(C)(O)c1cc(S(=O)(=O)Nc2cc(Cl)cnc2C(=O)c2ccnc3[nH]ccc23)ccc1Cl.COCN(c1cc(Cl)cnc1Br)S(=O)(=O)c1ccc(Cl)c(C(C)(C)O)c1. The molecule has 0 saturated carbocycles.